The van der Waals surface area contributed by atoms with E-state index in [2.05, 4.69) is 59.1 Å². The molecule has 0 bridgehead atoms. The first-order chi connectivity index (χ1) is 8.89. The second-order valence-electron chi connectivity index (χ2n) is 3.85. The maximum Gasteiger partial charge on any atom is 0.397 e. The molecule has 0 aromatic heterocycles. The molecule has 0 saturated heterocycles. The molecule has 0 aliphatic carbocycles. The van der Waals surface area contributed by atoms with E-state index in [-0.39, 0.29) is 0 Å². The summed E-state index contributed by atoms with van der Waals surface area (Å²) in [5.74, 6) is 0. The first-order valence-electron chi connectivity index (χ1n) is 5.54. The summed E-state index contributed by atoms with van der Waals surface area (Å²) >= 11 is 0. The van der Waals surface area contributed by atoms with Crippen molar-refractivity contribution in [2.45, 2.75) is 6.04 Å². The van der Waals surface area contributed by atoms with Crippen LogP contribution in [0.25, 0.3) is 6.08 Å². The fraction of sp³-hybridized carbons (Fsp3) is 0.231. The highest BCUT2D eigenvalue weighted by Gasteiger charge is 2.14. The molecular formula is C13H17NO4S. The van der Waals surface area contributed by atoms with E-state index in [1.165, 1.54) is 11.3 Å². The van der Waals surface area contributed by atoms with Crippen molar-refractivity contribution in [2.75, 3.05) is 19.1 Å². The zero-order chi connectivity index (χ0) is 14.5. The Labute approximate surface area is 113 Å². The summed E-state index contributed by atoms with van der Waals surface area (Å²) in [7, 11) is -1.20. The van der Waals surface area contributed by atoms with E-state index >= 15 is 0 Å². The summed E-state index contributed by atoms with van der Waals surface area (Å²) in [6.07, 6.45) is 6.27. The van der Waals surface area contributed by atoms with E-state index in [0.717, 1.165) is 7.11 Å². The molecule has 1 aromatic carbocycles. The molecule has 5 nitrogen and oxygen atoms in total. The van der Waals surface area contributed by atoms with Gasteiger partial charge in [-0.1, -0.05) is 36.4 Å². The number of fused-ring (bicyclic) bond motifs is 1. The number of benzene rings is 1. The van der Waals surface area contributed by atoms with Crippen molar-refractivity contribution in [3.63, 3.8) is 0 Å². The monoisotopic (exact) mass is 283 g/mol. The van der Waals surface area contributed by atoms with Gasteiger partial charge in [-0.3, -0.25) is 8.74 Å². The Bertz CT molecular complexity index is 566. The van der Waals surface area contributed by atoms with Crippen molar-refractivity contribution in [3.05, 3.63) is 48.6 Å². The zero-order valence-electron chi connectivity index (χ0n) is 10.9. The largest absolute Gasteiger partial charge is 0.397 e. The van der Waals surface area contributed by atoms with Crippen molar-refractivity contribution in [1.29, 1.82) is 0 Å². The lowest BCUT2D eigenvalue weighted by Crippen LogP contribution is -2.30. The number of likely N-dealkylation sites (N-methyl/N-ethyl adjacent to an activating group) is 1. The van der Waals surface area contributed by atoms with Crippen molar-refractivity contribution < 1.29 is 17.2 Å². The van der Waals surface area contributed by atoms with E-state index in [4.69, 9.17) is 4.55 Å². The number of anilines is 1. The molecular weight excluding hydrogens is 266 g/mol. The number of hydrogen-bond acceptors (Lipinski definition) is 4. The SMILES string of the molecule is C=CC1C=Cc2ccccc2N1C.COS(=O)(=O)O. The molecule has 1 aliphatic heterocycles. The second kappa shape index (κ2) is 6.51. The standard InChI is InChI=1S/C12H13N.CH4O4S/c1-3-11-9-8-10-6-4-5-7-12(10)13(11)2;1-5-6(2,3)4/h3-9,11H,1H2,2H3;1H3,(H,2,3,4). The van der Waals surface area contributed by atoms with Gasteiger partial charge < -0.3 is 4.90 Å². The molecule has 0 radical (unpaired) electrons. The van der Waals surface area contributed by atoms with Crippen molar-refractivity contribution >= 4 is 22.2 Å². The van der Waals surface area contributed by atoms with Crippen LogP contribution in [0.4, 0.5) is 5.69 Å². The molecule has 104 valence electrons. The molecule has 2 rings (SSSR count). The van der Waals surface area contributed by atoms with Gasteiger partial charge in [0, 0.05) is 12.7 Å². The van der Waals surface area contributed by atoms with Gasteiger partial charge in [-0.15, -0.1) is 6.58 Å². The zero-order valence-corrected chi connectivity index (χ0v) is 11.7. The fourth-order valence-corrected chi connectivity index (χ4v) is 1.68. The molecule has 19 heavy (non-hydrogen) atoms. The van der Waals surface area contributed by atoms with Crippen LogP contribution in [0, 0.1) is 0 Å². The highest BCUT2D eigenvalue weighted by Crippen LogP contribution is 2.27. The third-order valence-corrected chi connectivity index (χ3v) is 3.11. The first-order valence-corrected chi connectivity index (χ1v) is 6.91. The number of para-hydroxylation sites is 1. The van der Waals surface area contributed by atoms with Gasteiger partial charge in [-0.2, -0.15) is 8.42 Å². The van der Waals surface area contributed by atoms with Crippen molar-refractivity contribution in [3.8, 4) is 0 Å². The summed E-state index contributed by atoms with van der Waals surface area (Å²) < 4.78 is 29.7. The Kier molecular flexibility index (Phi) is 5.29. The van der Waals surface area contributed by atoms with Crippen molar-refractivity contribution in [2.24, 2.45) is 0 Å². The Balaban J connectivity index is 0.000000258. The quantitative estimate of drug-likeness (QED) is 0.665. The molecule has 0 amide bonds. The van der Waals surface area contributed by atoms with Gasteiger partial charge in [0.05, 0.1) is 13.2 Å². The van der Waals surface area contributed by atoms with Crippen LogP contribution in [-0.4, -0.2) is 33.2 Å². The van der Waals surface area contributed by atoms with Crippen LogP contribution in [0.1, 0.15) is 5.56 Å². The minimum Gasteiger partial charge on any atom is -0.364 e. The van der Waals surface area contributed by atoms with Gasteiger partial charge in [0.15, 0.2) is 0 Å². The third-order valence-electron chi connectivity index (χ3n) is 2.69. The van der Waals surface area contributed by atoms with Crippen LogP contribution >= 0.6 is 0 Å². The second-order valence-corrected chi connectivity index (χ2v) is 5.04. The molecule has 1 N–H and O–H groups in total. The highest BCUT2D eigenvalue weighted by atomic mass is 32.3. The lowest BCUT2D eigenvalue weighted by atomic mass is 10.0. The van der Waals surface area contributed by atoms with E-state index in [0.29, 0.717) is 6.04 Å². The molecule has 0 saturated carbocycles. The Hall–Kier alpha value is -1.63. The molecule has 1 aromatic rings. The van der Waals surface area contributed by atoms with Gasteiger partial charge >= 0.3 is 10.4 Å². The Morgan fingerprint density at radius 1 is 1.42 bits per heavy atom. The molecule has 1 unspecified atom stereocenters. The third kappa shape index (κ3) is 4.51. The average Bonchev–Trinajstić information content (AvgIpc) is 2.39. The van der Waals surface area contributed by atoms with Gasteiger partial charge in [-0.25, -0.2) is 0 Å². The number of rotatable bonds is 2. The van der Waals surface area contributed by atoms with Gasteiger partial charge in [0.2, 0.25) is 0 Å². The number of nitrogens with zero attached hydrogens (tertiary/aromatic N) is 1. The average molecular weight is 283 g/mol. The molecule has 1 atom stereocenters. The van der Waals surface area contributed by atoms with E-state index in [9.17, 15) is 8.42 Å². The minimum atomic E-state index is -4.16. The lowest BCUT2D eigenvalue weighted by Gasteiger charge is -2.30. The molecule has 0 fully saturated rings. The van der Waals surface area contributed by atoms with E-state index in [1.54, 1.807) is 0 Å². The van der Waals surface area contributed by atoms with Crippen LogP contribution in [0.2, 0.25) is 0 Å². The van der Waals surface area contributed by atoms with Crippen LogP contribution in [0.15, 0.2) is 43.0 Å². The maximum absolute atomic E-state index is 9.33. The summed E-state index contributed by atoms with van der Waals surface area (Å²) in [5, 5.41) is 0. The molecule has 6 heteroatoms. The predicted molar refractivity (Wildman–Crippen MR) is 76.4 cm³/mol. The van der Waals surface area contributed by atoms with Crippen LogP contribution in [-0.2, 0) is 14.6 Å². The summed E-state index contributed by atoms with van der Waals surface area (Å²) in [6.45, 7) is 3.81. The number of hydrogen-bond donors (Lipinski definition) is 1. The highest BCUT2D eigenvalue weighted by molar-refractivity contribution is 7.80. The van der Waals surface area contributed by atoms with Crippen molar-refractivity contribution in [1.82, 2.24) is 0 Å². The smallest absolute Gasteiger partial charge is 0.364 e. The van der Waals surface area contributed by atoms with Crippen LogP contribution < -0.4 is 4.90 Å². The Morgan fingerprint density at radius 3 is 2.53 bits per heavy atom. The lowest BCUT2D eigenvalue weighted by molar-refractivity contribution is 0.324. The fourth-order valence-electron chi connectivity index (χ4n) is 1.68. The van der Waals surface area contributed by atoms with Gasteiger partial charge in [0.1, 0.15) is 0 Å². The molecule has 0 spiro atoms. The van der Waals surface area contributed by atoms with E-state index in [1.807, 2.05) is 6.08 Å². The summed E-state index contributed by atoms with van der Waals surface area (Å²) in [6, 6.07) is 8.71. The predicted octanol–water partition coefficient (Wildman–Crippen LogP) is 2.14. The normalized spacial score (nSPS) is 17.2. The minimum absolute atomic E-state index is 0.329. The Morgan fingerprint density at radius 2 is 2.00 bits per heavy atom. The summed E-state index contributed by atoms with van der Waals surface area (Å²) in [4.78, 5) is 2.22. The van der Waals surface area contributed by atoms with E-state index < -0.39 is 10.4 Å². The molecule has 1 aliphatic rings. The first kappa shape index (κ1) is 15.4. The van der Waals surface area contributed by atoms with Gasteiger partial charge in [-0.05, 0) is 11.6 Å². The summed E-state index contributed by atoms with van der Waals surface area (Å²) in [5.41, 5.74) is 2.55. The molecule has 1 heterocycles. The maximum atomic E-state index is 9.33. The van der Waals surface area contributed by atoms with Crippen LogP contribution in [0.5, 0.6) is 0 Å². The van der Waals surface area contributed by atoms with Gasteiger partial charge in [0.25, 0.3) is 0 Å². The van der Waals surface area contributed by atoms with Crippen LogP contribution in [0.3, 0.4) is 0 Å². The topological polar surface area (TPSA) is 66.8 Å².